The van der Waals surface area contributed by atoms with E-state index in [9.17, 15) is 33.8 Å². The average molecular weight is 456 g/mol. The molecule has 0 fully saturated rings. The number of phenolic OH excluding ortho intramolecular Hbond substituents is 1. The van der Waals surface area contributed by atoms with E-state index in [1.165, 1.54) is 12.1 Å². The molecule has 3 N–H and O–H groups in total. The van der Waals surface area contributed by atoms with Crippen molar-refractivity contribution < 1.29 is 92.9 Å². The number of hydrogen-bond acceptors (Lipinski definition) is 6. The van der Waals surface area contributed by atoms with Crippen molar-refractivity contribution in [1.29, 1.82) is 0 Å². The predicted octanol–water partition coefficient (Wildman–Crippen LogP) is -3.54. The van der Waals surface area contributed by atoms with Gasteiger partial charge >= 0.3 is 66.7 Å². The van der Waals surface area contributed by atoms with E-state index in [1.54, 1.807) is 0 Å². The van der Waals surface area contributed by atoms with Crippen LogP contribution in [0.3, 0.4) is 0 Å². The van der Waals surface area contributed by atoms with E-state index in [1.807, 2.05) is 41.5 Å². The maximum absolute atomic E-state index is 11.5. The summed E-state index contributed by atoms with van der Waals surface area (Å²) in [6, 6.07) is 2.93. The number of phenols is 1. The number of hydrogen-bond donors (Lipinski definition) is 3. The van der Waals surface area contributed by atoms with Gasteiger partial charge < -0.3 is 29.2 Å². The maximum atomic E-state index is 11.5. The summed E-state index contributed by atoms with van der Waals surface area (Å²) in [4.78, 5) is 41.4. The molecule has 7 nitrogen and oxygen atoms in total. The fourth-order valence-corrected chi connectivity index (χ4v) is 6.14. The number of rotatable bonds is 4. The third-order valence-corrected chi connectivity index (χ3v) is 9.32. The Morgan fingerprint density at radius 2 is 1.26 bits per heavy atom. The minimum Gasteiger partial charge on any atom is -0.810 e. The van der Waals surface area contributed by atoms with Gasteiger partial charge in [0.05, 0.1) is 0 Å². The van der Waals surface area contributed by atoms with Gasteiger partial charge in [0, 0.05) is 16.0 Å². The first kappa shape index (κ1) is 30.9. The van der Waals surface area contributed by atoms with E-state index in [4.69, 9.17) is 0 Å². The Balaban J connectivity index is 0. The zero-order valence-corrected chi connectivity index (χ0v) is 23.6. The Morgan fingerprint density at radius 1 is 0.926 bits per heavy atom. The smallest absolute Gasteiger partial charge is 0.810 e. The molecule has 0 amide bonds. The standard InChI is InChI=1S/C15H26O7P2S.2Na/c1-14(2,3)10-7-9(8-11(12(10)16)15(4,5)6)25-13(23(17,18)19)24(20,21)22;;/h7-8,13,16H,1-6H3,(H2,17,18,19)(H2,20,21,22);;/q;2*+1/p-2. The SMILES string of the molecule is CC(C)(C)c1cc(SC(P(=O)([O-])[O-])P(=O)(O)O)cc(C(C)(C)C)c1O.[Na+].[Na+]. The number of benzene rings is 1. The summed E-state index contributed by atoms with van der Waals surface area (Å²) in [6.07, 6.45) is 0. The van der Waals surface area contributed by atoms with Crippen LogP contribution in [0.4, 0.5) is 0 Å². The summed E-state index contributed by atoms with van der Waals surface area (Å²) in [5.41, 5.74) is -0.00890. The molecule has 144 valence electrons. The van der Waals surface area contributed by atoms with Gasteiger partial charge in [-0.25, -0.2) is 0 Å². The van der Waals surface area contributed by atoms with Gasteiger partial charge in [-0.2, -0.15) is 0 Å². The van der Waals surface area contributed by atoms with E-state index in [-0.39, 0.29) is 69.8 Å². The maximum Gasteiger partial charge on any atom is 1.00 e. The average Bonchev–Trinajstić information content (AvgIpc) is 2.31. The molecule has 1 unspecified atom stereocenters. The van der Waals surface area contributed by atoms with Crippen LogP contribution in [-0.4, -0.2) is 19.6 Å². The van der Waals surface area contributed by atoms with Crippen LogP contribution in [0.25, 0.3) is 0 Å². The van der Waals surface area contributed by atoms with Crippen LogP contribution in [0, 0.1) is 0 Å². The van der Waals surface area contributed by atoms with Crippen molar-refractivity contribution in [2.24, 2.45) is 0 Å². The molecule has 1 rings (SSSR count). The predicted molar refractivity (Wildman–Crippen MR) is 94.8 cm³/mol. The van der Waals surface area contributed by atoms with Crippen LogP contribution >= 0.6 is 27.0 Å². The second-order valence-corrected chi connectivity index (χ2v) is 13.5. The molecular formula is C15H24Na2O7P2S. The molecule has 0 aromatic heterocycles. The molecule has 0 saturated heterocycles. The van der Waals surface area contributed by atoms with E-state index >= 15 is 0 Å². The van der Waals surface area contributed by atoms with Gasteiger partial charge in [0.15, 0.2) is 0 Å². The van der Waals surface area contributed by atoms with Crippen LogP contribution < -0.4 is 68.9 Å². The molecule has 1 atom stereocenters. The largest absolute Gasteiger partial charge is 1.00 e. The molecule has 0 aliphatic rings. The second-order valence-electron chi connectivity index (χ2n) is 7.94. The van der Waals surface area contributed by atoms with E-state index in [0.29, 0.717) is 22.9 Å². The molecule has 0 aliphatic heterocycles. The van der Waals surface area contributed by atoms with Gasteiger partial charge in [0.2, 0.25) is 0 Å². The quantitative estimate of drug-likeness (QED) is 0.241. The molecule has 0 radical (unpaired) electrons. The molecule has 0 aliphatic carbocycles. The van der Waals surface area contributed by atoms with Gasteiger partial charge in [0.25, 0.3) is 0 Å². The van der Waals surface area contributed by atoms with Crippen molar-refractivity contribution in [3.8, 4) is 5.75 Å². The fourth-order valence-electron chi connectivity index (χ4n) is 2.26. The van der Waals surface area contributed by atoms with Gasteiger partial charge in [-0.3, -0.25) is 4.57 Å². The van der Waals surface area contributed by atoms with Gasteiger partial charge in [0.1, 0.15) is 10.5 Å². The van der Waals surface area contributed by atoms with Crippen LogP contribution in [0.1, 0.15) is 52.7 Å². The summed E-state index contributed by atoms with van der Waals surface area (Å²) in [5.74, 6) is 0.0458. The first-order chi connectivity index (χ1) is 10.8. The molecule has 1 aromatic rings. The van der Waals surface area contributed by atoms with E-state index in [2.05, 4.69) is 0 Å². The zero-order valence-electron chi connectivity index (χ0n) is 17.0. The minimum absolute atomic E-state index is 0. The first-order valence-corrected chi connectivity index (χ1v) is 11.6. The Labute approximate surface area is 209 Å². The van der Waals surface area contributed by atoms with Crippen LogP contribution in [-0.2, 0) is 20.0 Å². The van der Waals surface area contributed by atoms with Crippen LogP contribution in [0.2, 0.25) is 0 Å². The molecule has 0 heterocycles. The van der Waals surface area contributed by atoms with E-state index < -0.39 is 30.8 Å². The molecular weight excluding hydrogens is 432 g/mol. The van der Waals surface area contributed by atoms with Gasteiger partial charge in [-0.1, -0.05) is 41.5 Å². The number of aromatic hydroxyl groups is 1. The van der Waals surface area contributed by atoms with Crippen LogP contribution in [0.15, 0.2) is 17.0 Å². The molecule has 0 saturated carbocycles. The van der Waals surface area contributed by atoms with Crippen molar-refractivity contribution in [3.05, 3.63) is 23.3 Å². The summed E-state index contributed by atoms with van der Waals surface area (Å²) < 4.78 is 20.4. The minimum atomic E-state index is -5.55. The zero-order chi connectivity index (χ0) is 20.0. The van der Waals surface area contributed by atoms with Crippen molar-refractivity contribution in [2.45, 2.75) is 62.0 Å². The third-order valence-electron chi connectivity index (χ3n) is 3.50. The third kappa shape index (κ3) is 8.74. The van der Waals surface area contributed by atoms with Gasteiger partial charge in [-0.05, 0) is 30.6 Å². The van der Waals surface area contributed by atoms with Crippen molar-refractivity contribution in [2.75, 3.05) is 0 Å². The monoisotopic (exact) mass is 456 g/mol. The summed E-state index contributed by atoms with van der Waals surface area (Å²) in [5, 5.41) is 10.6. The number of thioether (sulfide) groups is 1. The second kappa shape index (κ2) is 10.3. The molecule has 12 heteroatoms. The van der Waals surface area contributed by atoms with Crippen molar-refractivity contribution >= 4 is 27.0 Å². The summed E-state index contributed by atoms with van der Waals surface area (Å²) in [6.45, 7) is 11.1. The Bertz CT molecular complexity index is 691. The van der Waals surface area contributed by atoms with Crippen molar-refractivity contribution in [3.63, 3.8) is 0 Å². The summed E-state index contributed by atoms with van der Waals surface area (Å²) in [7, 11) is -10.7. The normalized spacial score (nSPS) is 14.1. The fraction of sp³-hybridized carbons (Fsp3) is 0.600. The van der Waals surface area contributed by atoms with Gasteiger partial charge in [-0.15, -0.1) is 11.8 Å². The molecule has 0 bridgehead atoms. The summed E-state index contributed by atoms with van der Waals surface area (Å²) >= 11 is 0.310. The Morgan fingerprint density at radius 3 is 1.48 bits per heavy atom. The topological polar surface area (TPSA) is 141 Å². The molecule has 1 aromatic carbocycles. The first-order valence-electron chi connectivity index (χ1n) is 7.46. The van der Waals surface area contributed by atoms with E-state index in [0.717, 1.165) is 0 Å². The van der Waals surface area contributed by atoms with Crippen molar-refractivity contribution in [1.82, 2.24) is 0 Å². The molecule has 0 spiro atoms. The Kier molecular flexibility index (Phi) is 11.8. The Hall–Kier alpha value is 1.67. The molecule has 27 heavy (non-hydrogen) atoms. The van der Waals surface area contributed by atoms with Crippen LogP contribution in [0.5, 0.6) is 5.75 Å².